The maximum Gasteiger partial charge on any atom is 0.287 e. The van der Waals surface area contributed by atoms with Gasteiger partial charge in [0.2, 0.25) is 5.91 Å². The number of carbonyl (C=O) groups excluding carboxylic acids is 2. The third-order valence-electron chi connectivity index (χ3n) is 6.70. The van der Waals surface area contributed by atoms with E-state index in [2.05, 4.69) is 14.9 Å². The van der Waals surface area contributed by atoms with Gasteiger partial charge in [0, 0.05) is 44.6 Å². The van der Waals surface area contributed by atoms with Crippen LogP contribution < -0.4 is 5.32 Å². The lowest BCUT2D eigenvalue weighted by Gasteiger charge is -2.50. The Hall–Kier alpha value is -2.61. The van der Waals surface area contributed by atoms with E-state index in [-0.39, 0.29) is 28.8 Å². The van der Waals surface area contributed by atoms with Crippen LogP contribution in [-0.4, -0.2) is 53.1 Å². The molecule has 1 spiro atoms. The molecule has 1 atom stereocenters. The number of amides is 2. The summed E-state index contributed by atoms with van der Waals surface area (Å²) < 4.78 is 12.8. The molecule has 5 rings (SSSR count). The highest BCUT2D eigenvalue weighted by molar-refractivity contribution is 5.93. The largest absolute Gasteiger partial charge is 0.459 e. The second-order valence-electron chi connectivity index (χ2n) is 8.61. The summed E-state index contributed by atoms with van der Waals surface area (Å²) in [6.45, 7) is 3.78. The van der Waals surface area contributed by atoms with Crippen LogP contribution in [0.4, 0.5) is 0 Å². The standard InChI is InChI=1S/C21H26N4O4/c1-3-14-4-9-29-16(14)18(26)23-15-10-21(25-8-7-22-17(15)25)11-24(12-21)19(27)20(5-6-20)13-28-2/h4,7-9,15H,3,5-6,10-13H2,1-2H3,(H,23,26). The normalized spacial score (nSPS) is 23.0. The number of hydrogen-bond acceptors (Lipinski definition) is 5. The molecule has 2 aliphatic heterocycles. The number of fused-ring (bicyclic) bond motifs is 2. The Morgan fingerprint density at radius 2 is 2.17 bits per heavy atom. The van der Waals surface area contributed by atoms with E-state index in [1.54, 1.807) is 19.6 Å². The van der Waals surface area contributed by atoms with Gasteiger partial charge in [-0.1, -0.05) is 6.92 Å². The molecule has 1 N–H and O–H groups in total. The van der Waals surface area contributed by atoms with E-state index < -0.39 is 0 Å². The molecule has 1 saturated carbocycles. The van der Waals surface area contributed by atoms with Gasteiger partial charge in [-0.2, -0.15) is 0 Å². The molecule has 29 heavy (non-hydrogen) atoms. The van der Waals surface area contributed by atoms with Crippen molar-refractivity contribution in [1.29, 1.82) is 0 Å². The second kappa shape index (κ2) is 6.45. The van der Waals surface area contributed by atoms with Crippen molar-refractivity contribution in [1.82, 2.24) is 19.8 Å². The summed E-state index contributed by atoms with van der Waals surface area (Å²) in [5.41, 5.74) is 0.391. The Morgan fingerprint density at radius 3 is 2.86 bits per heavy atom. The van der Waals surface area contributed by atoms with Gasteiger partial charge < -0.3 is 23.9 Å². The molecule has 4 heterocycles. The number of imidazole rings is 1. The van der Waals surface area contributed by atoms with Crippen LogP contribution in [0.25, 0.3) is 0 Å². The van der Waals surface area contributed by atoms with E-state index in [9.17, 15) is 9.59 Å². The topological polar surface area (TPSA) is 89.6 Å². The highest BCUT2D eigenvalue weighted by Crippen LogP contribution is 2.51. The molecule has 2 fully saturated rings. The van der Waals surface area contributed by atoms with Crippen molar-refractivity contribution in [3.8, 4) is 0 Å². The zero-order valence-electron chi connectivity index (χ0n) is 16.8. The number of likely N-dealkylation sites (tertiary alicyclic amines) is 1. The Kier molecular flexibility index (Phi) is 4.10. The van der Waals surface area contributed by atoms with Gasteiger partial charge in [-0.25, -0.2) is 4.98 Å². The quantitative estimate of drug-likeness (QED) is 0.802. The predicted octanol–water partition coefficient (Wildman–Crippen LogP) is 1.88. The summed E-state index contributed by atoms with van der Waals surface area (Å²) in [7, 11) is 1.65. The van der Waals surface area contributed by atoms with E-state index in [0.29, 0.717) is 25.5 Å². The van der Waals surface area contributed by atoms with Crippen molar-refractivity contribution in [2.45, 2.75) is 44.2 Å². The average Bonchev–Trinajstić information content (AvgIpc) is 3.06. The summed E-state index contributed by atoms with van der Waals surface area (Å²) in [5, 5.41) is 3.09. The van der Waals surface area contributed by atoms with Gasteiger partial charge in [0.1, 0.15) is 5.82 Å². The first-order valence-corrected chi connectivity index (χ1v) is 10.2. The number of nitrogens with one attached hydrogen (secondary N) is 1. The number of aromatic nitrogens is 2. The zero-order valence-corrected chi connectivity index (χ0v) is 16.8. The fourth-order valence-electron chi connectivity index (χ4n) is 4.97. The SMILES string of the molecule is CCc1ccoc1C(=O)NC1CC2(CN(C(=O)C3(COC)CC3)C2)n2ccnc21. The summed E-state index contributed by atoms with van der Waals surface area (Å²) in [6.07, 6.45) is 8.54. The minimum atomic E-state index is -0.309. The number of rotatable bonds is 6. The van der Waals surface area contributed by atoms with E-state index in [1.165, 1.54) is 0 Å². The van der Waals surface area contributed by atoms with Crippen molar-refractivity contribution < 1.29 is 18.7 Å². The summed E-state index contributed by atoms with van der Waals surface area (Å²) in [5.74, 6) is 1.19. The van der Waals surface area contributed by atoms with Crippen LogP contribution in [0.15, 0.2) is 29.1 Å². The van der Waals surface area contributed by atoms with E-state index in [0.717, 1.165) is 37.1 Å². The van der Waals surface area contributed by atoms with E-state index in [4.69, 9.17) is 9.15 Å². The molecular weight excluding hydrogens is 372 g/mol. The zero-order chi connectivity index (χ0) is 20.2. The lowest BCUT2D eigenvalue weighted by atomic mass is 9.84. The first kappa shape index (κ1) is 18.4. The maximum atomic E-state index is 12.9. The molecule has 0 radical (unpaired) electrons. The molecular formula is C21H26N4O4. The third kappa shape index (κ3) is 2.73. The van der Waals surface area contributed by atoms with Crippen molar-refractivity contribution >= 4 is 11.8 Å². The van der Waals surface area contributed by atoms with Crippen LogP contribution in [0, 0.1) is 5.41 Å². The minimum absolute atomic E-state index is 0.195. The van der Waals surface area contributed by atoms with Gasteiger partial charge >= 0.3 is 0 Å². The number of ether oxygens (including phenoxy) is 1. The van der Waals surface area contributed by atoms with Gasteiger partial charge in [-0.05, 0) is 25.3 Å². The molecule has 1 saturated heterocycles. The molecule has 1 unspecified atom stereocenters. The molecule has 154 valence electrons. The van der Waals surface area contributed by atoms with E-state index >= 15 is 0 Å². The lowest BCUT2D eigenvalue weighted by Crippen LogP contribution is -2.64. The molecule has 3 aliphatic rings. The monoisotopic (exact) mass is 398 g/mol. The van der Waals surface area contributed by atoms with Crippen LogP contribution in [0.1, 0.15) is 54.2 Å². The van der Waals surface area contributed by atoms with Gasteiger partial charge in [0.15, 0.2) is 5.76 Å². The number of carbonyl (C=O) groups is 2. The highest BCUT2D eigenvalue weighted by Gasteiger charge is 2.59. The van der Waals surface area contributed by atoms with Crippen LogP contribution in [-0.2, 0) is 21.5 Å². The number of hydrogen-bond donors (Lipinski definition) is 1. The Morgan fingerprint density at radius 1 is 1.38 bits per heavy atom. The van der Waals surface area contributed by atoms with Gasteiger partial charge in [-0.3, -0.25) is 9.59 Å². The molecule has 1 aliphatic carbocycles. The Balaban J connectivity index is 1.30. The van der Waals surface area contributed by atoms with Crippen LogP contribution in [0.2, 0.25) is 0 Å². The van der Waals surface area contributed by atoms with Gasteiger partial charge in [0.25, 0.3) is 5.91 Å². The van der Waals surface area contributed by atoms with Crippen molar-refractivity contribution in [3.63, 3.8) is 0 Å². The molecule has 8 heteroatoms. The number of nitrogens with zero attached hydrogens (tertiary/aromatic N) is 3. The van der Waals surface area contributed by atoms with Crippen LogP contribution >= 0.6 is 0 Å². The minimum Gasteiger partial charge on any atom is -0.459 e. The molecule has 2 aromatic heterocycles. The van der Waals surface area contributed by atoms with Crippen LogP contribution in [0.5, 0.6) is 0 Å². The first-order valence-electron chi connectivity index (χ1n) is 10.2. The fourth-order valence-corrected chi connectivity index (χ4v) is 4.97. The van der Waals surface area contributed by atoms with Crippen molar-refractivity contribution in [2.24, 2.45) is 5.41 Å². The van der Waals surface area contributed by atoms with Crippen LogP contribution in [0.3, 0.4) is 0 Å². The number of methoxy groups -OCH3 is 1. The molecule has 0 bridgehead atoms. The molecule has 2 amide bonds. The second-order valence-corrected chi connectivity index (χ2v) is 8.61. The Bertz CT molecular complexity index is 952. The summed E-state index contributed by atoms with van der Waals surface area (Å²) in [6, 6.07) is 1.63. The Labute approximate surface area is 169 Å². The van der Waals surface area contributed by atoms with Gasteiger partial charge in [0.05, 0.1) is 29.9 Å². The molecule has 8 nitrogen and oxygen atoms in total. The van der Waals surface area contributed by atoms with Gasteiger partial charge in [-0.15, -0.1) is 0 Å². The van der Waals surface area contributed by atoms with Crippen molar-refractivity contribution in [2.75, 3.05) is 26.8 Å². The number of aryl methyl sites for hydroxylation is 1. The van der Waals surface area contributed by atoms with Crippen molar-refractivity contribution in [3.05, 3.63) is 41.9 Å². The molecule has 0 aromatic carbocycles. The first-order chi connectivity index (χ1) is 14.0. The predicted molar refractivity (Wildman–Crippen MR) is 103 cm³/mol. The third-order valence-corrected chi connectivity index (χ3v) is 6.70. The lowest BCUT2D eigenvalue weighted by molar-refractivity contribution is -0.150. The maximum absolute atomic E-state index is 12.9. The van der Waals surface area contributed by atoms with E-state index in [1.807, 2.05) is 24.1 Å². The number of furan rings is 1. The smallest absolute Gasteiger partial charge is 0.287 e. The molecule has 2 aromatic rings. The highest BCUT2D eigenvalue weighted by atomic mass is 16.5. The average molecular weight is 398 g/mol. The summed E-state index contributed by atoms with van der Waals surface area (Å²) in [4.78, 5) is 32.1. The fraction of sp³-hybridized carbons (Fsp3) is 0.571. The summed E-state index contributed by atoms with van der Waals surface area (Å²) >= 11 is 0.